The number of nitriles is 1. The van der Waals surface area contributed by atoms with Crippen molar-refractivity contribution in [2.24, 2.45) is 0 Å². The SMILES string of the molecule is N#Cc1ccc(-c2ccnc(NCC(O)c3ccccc3)n2)cc1. The third kappa shape index (κ3) is 3.75. The van der Waals surface area contributed by atoms with Gasteiger partial charge >= 0.3 is 0 Å². The zero-order chi connectivity index (χ0) is 16.8. The van der Waals surface area contributed by atoms with Crippen LogP contribution in [-0.4, -0.2) is 21.6 Å². The van der Waals surface area contributed by atoms with Crippen LogP contribution < -0.4 is 5.32 Å². The second-order valence-corrected chi connectivity index (χ2v) is 5.26. The molecule has 5 heteroatoms. The highest BCUT2D eigenvalue weighted by Gasteiger charge is 2.08. The molecular weight excluding hydrogens is 300 g/mol. The lowest BCUT2D eigenvalue weighted by atomic mass is 10.1. The lowest BCUT2D eigenvalue weighted by Crippen LogP contribution is -2.13. The maximum absolute atomic E-state index is 10.2. The van der Waals surface area contributed by atoms with Crippen LogP contribution >= 0.6 is 0 Å². The van der Waals surface area contributed by atoms with E-state index in [0.717, 1.165) is 16.8 Å². The van der Waals surface area contributed by atoms with E-state index in [1.165, 1.54) is 0 Å². The van der Waals surface area contributed by atoms with E-state index >= 15 is 0 Å². The van der Waals surface area contributed by atoms with Crippen molar-refractivity contribution in [1.29, 1.82) is 5.26 Å². The van der Waals surface area contributed by atoms with Crippen molar-refractivity contribution in [3.05, 3.63) is 78.0 Å². The number of hydrogen-bond acceptors (Lipinski definition) is 5. The summed E-state index contributed by atoms with van der Waals surface area (Å²) in [5.74, 6) is 0.451. The lowest BCUT2D eigenvalue weighted by Gasteiger charge is -2.12. The summed E-state index contributed by atoms with van der Waals surface area (Å²) in [7, 11) is 0. The molecule has 0 bridgehead atoms. The Labute approximate surface area is 140 Å². The van der Waals surface area contributed by atoms with Gasteiger partial charge < -0.3 is 10.4 Å². The van der Waals surface area contributed by atoms with Gasteiger partial charge in [-0.15, -0.1) is 0 Å². The predicted molar refractivity (Wildman–Crippen MR) is 92.1 cm³/mol. The van der Waals surface area contributed by atoms with Gasteiger partial charge in [0.15, 0.2) is 0 Å². The zero-order valence-corrected chi connectivity index (χ0v) is 12.9. The molecule has 0 radical (unpaired) electrons. The minimum atomic E-state index is -0.631. The summed E-state index contributed by atoms with van der Waals surface area (Å²) in [4.78, 5) is 8.63. The summed E-state index contributed by atoms with van der Waals surface area (Å²) >= 11 is 0. The average molecular weight is 316 g/mol. The van der Waals surface area contributed by atoms with Crippen LogP contribution in [0, 0.1) is 11.3 Å². The van der Waals surface area contributed by atoms with E-state index in [-0.39, 0.29) is 0 Å². The van der Waals surface area contributed by atoms with Crippen LogP contribution in [0.25, 0.3) is 11.3 Å². The van der Waals surface area contributed by atoms with Crippen LogP contribution in [0.2, 0.25) is 0 Å². The van der Waals surface area contributed by atoms with Crippen molar-refractivity contribution in [3.8, 4) is 17.3 Å². The van der Waals surface area contributed by atoms with Gasteiger partial charge in [-0.3, -0.25) is 0 Å². The number of aromatic nitrogens is 2. The Kier molecular flexibility index (Phi) is 4.80. The fraction of sp³-hybridized carbons (Fsp3) is 0.105. The van der Waals surface area contributed by atoms with Crippen LogP contribution in [0.1, 0.15) is 17.2 Å². The number of benzene rings is 2. The molecule has 1 unspecified atom stereocenters. The smallest absolute Gasteiger partial charge is 0.223 e. The van der Waals surface area contributed by atoms with Crippen molar-refractivity contribution >= 4 is 5.95 Å². The minimum Gasteiger partial charge on any atom is -0.387 e. The Balaban J connectivity index is 1.70. The lowest BCUT2D eigenvalue weighted by molar-refractivity contribution is 0.191. The second-order valence-electron chi connectivity index (χ2n) is 5.26. The topological polar surface area (TPSA) is 81.8 Å². The van der Waals surface area contributed by atoms with Crippen molar-refractivity contribution < 1.29 is 5.11 Å². The van der Waals surface area contributed by atoms with Gasteiger partial charge in [-0.25, -0.2) is 9.97 Å². The molecule has 0 spiro atoms. The van der Waals surface area contributed by atoms with Gasteiger partial charge in [-0.1, -0.05) is 42.5 Å². The Morgan fingerprint density at radius 3 is 2.50 bits per heavy atom. The first-order chi connectivity index (χ1) is 11.8. The number of nitrogens with zero attached hydrogens (tertiary/aromatic N) is 3. The van der Waals surface area contributed by atoms with E-state index in [1.54, 1.807) is 24.4 Å². The van der Waals surface area contributed by atoms with E-state index in [2.05, 4.69) is 21.4 Å². The largest absolute Gasteiger partial charge is 0.387 e. The molecule has 2 aromatic carbocycles. The predicted octanol–water partition coefficient (Wildman–Crippen LogP) is 3.16. The average Bonchev–Trinajstić information content (AvgIpc) is 2.67. The zero-order valence-electron chi connectivity index (χ0n) is 12.9. The maximum Gasteiger partial charge on any atom is 0.223 e. The van der Waals surface area contributed by atoms with Gasteiger partial charge in [-0.2, -0.15) is 5.26 Å². The molecule has 0 aliphatic heterocycles. The molecular formula is C19H16N4O. The Bertz CT molecular complexity index is 841. The van der Waals surface area contributed by atoms with Crippen LogP contribution in [0.15, 0.2) is 66.9 Å². The van der Waals surface area contributed by atoms with Gasteiger partial charge in [0.1, 0.15) is 0 Å². The van der Waals surface area contributed by atoms with Crippen molar-refractivity contribution in [1.82, 2.24) is 9.97 Å². The molecule has 3 rings (SSSR count). The molecule has 0 amide bonds. The quantitative estimate of drug-likeness (QED) is 0.755. The maximum atomic E-state index is 10.2. The van der Waals surface area contributed by atoms with Crippen LogP contribution in [0.5, 0.6) is 0 Å². The fourth-order valence-electron chi connectivity index (χ4n) is 2.30. The van der Waals surface area contributed by atoms with Crippen LogP contribution in [0.4, 0.5) is 5.95 Å². The summed E-state index contributed by atoms with van der Waals surface area (Å²) in [5.41, 5.74) is 3.11. The number of anilines is 1. The summed E-state index contributed by atoms with van der Waals surface area (Å²) < 4.78 is 0. The Morgan fingerprint density at radius 1 is 1.04 bits per heavy atom. The first-order valence-corrected chi connectivity index (χ1v) is 7.57. The summed E-state index contributed by atoms with van der Waals surface area (Å²) in [5, 5.41) is 22.1. The molecule has 0 saturated carbocycles. The molecule has 1 heterocycles. The van der Waals surface area contributed by atoms with E-state index < -0.39 is 6.10 Å². The number of nitrogens with one attached hydrogen (secondary N) is 1. The molecule has 0 aliphatic carbocycles. The van der Waals surface area contributed by atoms with Gasteiger partial charge in [0.05, 0.1) is 23.4 Å². The first kappa shape index (κ1) is 15.7. The first-order valence-electron chi connectivity index (χ1n) is 7.57. The highest BCUT2D eigenvalue weighted by molar-refractivity contribution is 5.61. The molecule has 1 atom stereocenters. The van der Waals surface area contributed by atoms with Gasteiger partial charge in [0.25, 0.3) is 0 Å². The molecule has 0 aliphatic rings. The minimum absolute atomic E-state index is 0.320. The van der Waals surface area contributed by atoms with Crippen molar-refractivity contribution in [3.63, 3.8) is 0 Å². The summed E-state index contributed by atoms with van der Waals surface area (Å²) in [6.07, 6.45) is 1.03. The molecule has 24 heavy (non-hydrogen) atoms. The van der Waals surface area contributed by atoms with Crippen LogP contribution in [0.3, 0.4) is 0 Å². The summed E-state index contributed by atoms with van der Waals surface area (Å²) in [6.45, 7) is 0.320. The normalized spacial score (nSPS) is 11.5. The molecule has 0 saturated heterocycles. The standard InChI is InChI=1S/C19H16N4O/c20-12-14-6-8-15(9-7-14)17-10-11-21-19(23-17)22-13-18(24)16-4-2-1-3-5-16/h1-11,18,24H,13H2,(H,21,22,23). The number of aliphatic hydroxyl groups excluding tert-OH is 1. The van der Waals surface area contributed by atoms with Crippen molar-refractivity contribution in [2.75, 3.05) is 11.9 Å². The fourth-order valence-corrected chi connectivity index (χ4v) is 2.30. The monoisotopic (exact) mass is 316 g/mol. The third-order valence-corrected chi connectivity index (χ3v) is 3.60. The molecule has 2 N–H and O–H groups in total. The molecule has 118 valence electrons. The second kappa shape index (κ2) is 7.36. The van der Waals surface area contributed by atoms with E-state index in [4.69, 9.17) is 5.26 Å². The van der Waals surface area contributed by atoms with E-state index in [0.29, 0.717) is 18.1 Å². The van der Waals surface area contributed by atoms with E-state index in [1.807, 2.05) is 42.5 Å². The third-order valence-electron chi connectivity index (χ3n) is 3.60. The van der Waals surface area contributed by atoms with Crippen LogP contribution in [-0.2, 0) is 0 Å². The molecule has 1 aromatic heterocycles. The molecule has 3 aromatic rings. The Hall–Kier alpha value is -3.23. The number of aliphatic hydroxyl groups is 1. The number of hydrogen-bond donors (Lipinski definition) is 2. The molecule has 0 fully saturated rings. The number of rotatable bonds is 5. The van der Waals surface area contributed by atoms with Crippen molar-refractivity contribution in [2.45, 2.75) is 6.10 Å². The van der Waals surface area contributed by atoms with Gasteiger partial charge in [0, 0.05) is 18.3 Å². The van der Waals surface area contributed by atoms with Gasteiger partial charge in [0.2, 0.25) is 5.95 Å². The van der Waals surface area contributed by atoms with E-state index in [9.17, 15) is 5.11 Å². The van der Waals surface area contributed by atoms with Gasteiger partial charge in [-0.05, 0) is 23.8 Å². The highest BCUT2D eigenvalue weighted by Crippen LogP contribution is 2.19. The highest BCUT2D eigenvalue weighted by atomic mass is 16.3. The summed E-state index contributed by atoms with van der Waals surface area (Å²) in [6, 6.07) is 20.5. The molecule has 5 nitrogen and oxygen atoms in total. The Morgan fingerprint density at radius 2 is 1.79 bits per heavy atom.